The fourth-order valence-corrected chi connectivity index (χ4v) is 5.55. The topological polar surface area (TPSA) is 81.5 Å². The molecule has 0 spiro atoms. The van der Waals surface area contributed by atoms with E-state index >= 15 is 0 Å². The summed E-state index contributed by atoms with van der Waals surface area (Å²) < 4.78 is 12.5. The van der Waals surface area contributed by atoms with E-state index in [1.54, 1.807) is 24.2 Å². The van der Waals surface area contributed by atoms with Crippen LogP contribution in [0.4, 0.5) is 5.69 Å². The molecule has 8 heteroatoms. The summed E-state index contributed by atoms with van der Waals surface area (Å²) in [5.74, 6) is 1.07. The van der Waals surface area contributed by atoms with Crippen molar-refractivity contribution in [3.63, 3.8) is 0 Å². The molecular formula is C28H35N5O3. The van der Waals surface area contributed by atoms with Crippen molar-refractivity contribution in [1.29, 1.82) is 0 Å². The lowest BCUT2D eigenvalue weighted by atomic mass is 9.82. The van der Waals surface area contributed by atoms with Crippen LogP contribution in [0.15, 0.2) is 42.7 Å². The van der Waals surface area contributed by atoms with Crippen molar-refractivity contribution in [3.05, 3.63) is 65.2 Å². The van der Waals surface area contributed by atoms with Gasteiger partial charge < -0.3 is 14.8 Å². The monoisotopic (exact) mass is 489 g/mol. The number of ether oxygens (including phenoxy) is 2. The molecule has 2 aromatic heterocycles. The van der Waals surface area contributed by atoms with Crippen molar-refractivity contribution in [2.75, 3.05) is 38.7 Å². The Hall–Kier alpha value is -3.23. The predicted molar refractivity (Wildman–Crippen MR) is 139 cm³/mol. The summed E-state index contributed by atoms with van der Waals surface area (Å²) in [7, 11) is 1.64. The summed E-state index contributed by atoms with van der Waals surface area (Å²) in [5.41, 5.74) is 5.19. The summed E-state index contributed by atoms with van der Waals surface area (Å²) in [4.78, 5) is 20.4. The SMILES string of the molecule is COc1ccc(-n2ncc(C(=O)Nc3cnc(C4CCC(N5CCOCC5)CC4)c(C)c3)c2C)cc1. The van der Waals surface area contributed by atoms with E-state index in [0.717, 1.165) is 67.5 Å². The first kappa shape index (κ1) is 24.5. The maximum Gasteiger partial charge on any atom is 0.259 e. The van der Waals surface area contributed by atoms with Crippen LogP contribution in [0.1, 0.15) is 58.9 Å². The number of hydrogen-bond donors (Lipinski definition) is 1. The van der Waals surface area contributed by atoms with Gasteiger partial charge in [0.2, 0.25) is 0 Å². The predicted octanol–water partition coefficient (Wildman–Crippen LogP) is 4.50. The van der Waals surface area contributed by atoms with Gasteiger partial charge in [-0.3, -0.25) is 14.7 Å². The lowest BCUT2D eigenvalue weighted by Crippen LogP contribution is -2.44. The number of aromatic nitrogens is 3. The fourth-order valence-electron chi connectivity index (χ4n) is 5.55. The molecule has 3 aromatic rings. The maximum atomic E-state index is 13.0. The lowest BCUT2D eigenvalue weighted by molar-refractivity contribution is 0.00720. The van der Waals surface area contributed by atoms with Crippen LogP contribution in [0.3, 0.4) is 0 Å². The number of nitrogens with one attached hydrogen (secondary N) is 1. The number of aryl methyl sites for hydroxylation is 1. The molecule has 0 radical (unpaired) electrons. The van der Waals surface area contributed by atoms with Crippen LogP contribution < -0.4 is 10.1 Å². The van der Waals surface area contributed by atoms with Crippen molar-refractivity contribution < 1.29 is 14.3 Å². The molecule has 1 aliphatic heterocycles. The summed E-state index contributed by atoms with van der Waals surface area (Å²) >= 11 is 0. The number of morpholine rings is 1. The average molecular weight is 490 g/mol. The molecule has 5 rings (SSSR count). The molecule has 0 unspecified atom stereocenters. The van der Waals surface area contributed by atoms with Crippen LogP contribution in [-0.4, -0.2) is 65.0 Å². The maximum absolute atomic E-state index is 13.0. The molecule has 0 atom stereocenters. The van der Waals surface area contributed by atoms with E-state index in [1.165, 1.54) is 12.8 Å². The molecule has 1 N–H and O–H groups in total. The molecule has 1 aromatic carbocycles. The molecule has 8 nitrogen and oxygen atoms in total. The first-order valence-corrected chi connectivity index (χ1v) is 12.8. The quantitative estimate of drug-likeness (QED) is 0.549. The Bertz CT molecular complexity index is 1190. The first-order chi connectivity index (χ1) is 17.5. The average Bonchev–Trinajstić information content (AvgIpc) is 3.31. The molecule has 2 aliphatic rings. The lowest BCUT2D eigenvalue weighted by Gasteiger charge is -2.38. The second kappa shape index (κ2) is 10.8. The summed E-state index contributed by atoms with van der Waals surface area (Å²) in [6.45, 7) is 7.81. The van der Waals surface area contributed by atoms with E-state index < -0.39 is 0 Å². The molecule has 3 heterocycles. The summed E-state index contributed by atoms with van der Waals surface area (Å²) in [6, 6.07) is 10.3. The minimum atomic E-state index is -0.188. The van der Waals surface area contributed by atoms with E-state index in [1.807, 2.05) is 37.3 Å². The second-order valence-electron chi connectivity index (χ2n) is 9.79. The van der Waals surface area contributed by atoms with Gasteiger partial charge in [0.05, 0.1) is 55.3 Å². The van der Waals surface area contributed by atoms with E-state index in [0.29, 0.717) is 23.2 Å². The molecule has 0 bridgehead atoms. The Labute approximate surface area is 212 Å². The van der Waals surface area contributed by atoms with Gasteiger partial charge in [0, 0.05) is 30.7 Å². The molecule has 1 saturated heterocycles. The molecule has 2 fully saturated rings. The zero-order valence-electron chi connectivity index (χ0n) is 21.4. The number of anilines is 1. The first-order valence-electron chi connectivity index (χ1n) is 12.8. The number of carbonyl (C=O) groups is 1. The molecule has 1 aliphatic carbocycles. The Balaban J connectivity index is 1.22. The van der Waals surface area contributed by atoms with Gasteiger partial charge in [-0.1, -0.05) is 0 Å². The van der Waals surface area contributed by atoms with Gasteiger partial charge in [0.15, 0.2) is 0 Å². The number of rotatable bonds is 6. The number of pyridine rings is 1. The molecular weight excluding hydrogens is 454 g/mol. The third-order valence-electron chi connectivity index (χ3n) is 7.59. The number of methoxy groups -OCH3 is 1. The van der Waals surface area contributed by atoms with Gasteiger partial charge >= 0.3 is 0 Å². The van der Waals surface area contributed by atoms with Crippen LogP contribution in [0, 0.1) is 13.8 Å². The van der Waals surface area contributed by atoms with Crippen molar-refractivity contribution in [3.8, 4) is 11.4 Å². The smallest absolute Gasteiger partial charge is 0.259 e. The van der Waals surface area contributed by atoms with Gasteiger partial charge in [-0.2, -0.15) is 5.10 Å². The minimum Gasteiger partial charge on any atom is -0.497 e. The van der Waals surface area contributed by atoms with Gasteiger partial charge in [-0.15, -0.1) is 0 Å². The van der Waals surface area contributed by atoms with Crippen LogP contribution in [0.25, 0.3) is 5.69 Å². The number of nitrogens with zero attached hydrogens (tertiary/aromatic N) is 4. The summed E-state index contributed by atoms with van der Waals surface area (Å²) in [6.07, 6.45) is 8.13. The van der Waals surface area contributed by atoms with E-state index in [9.17, 15) is 4.79 Å². The van der Waals surface area contributed by atoms with Gasteiger partial charge in [0.1, 0.15) is 5.75 Å². The second-order valence-corrected chi connectivity index (χ2v) is 9.79. The van der Waals surface area contributed by atoms with Crippen molar-refractivity contribution in [2.24, 2.45) is 0 Å². The highest BCUT2D eigenvalue weighted by molar-refractivity contribution is 6.04. The number of benzene rings is 1. The Kier molecular flexibility index (Phi) is 7.34. The van der Waals surface area contributed by atoms with Crippen molar-refractivity contribution in [2.45, 2.75) is 51.5 Å². The standard InChI is InChI=1S/C28H35N5O3/c1-19-16-22(17-29-27(19)21-4-6-23(7-5-21)32-12-14-36-15-13-32)31-28(34)26-18-30-33(20(26)2)24-8-10-25(35-3)11-9-24/h8-11,16-18,21,23H,4-7,12-15H2,1-3H3,(H,31,34). The van der Waals surface area contributed by atoms with Crippen LogP contribution in [-0.2, 0) is 4.74 Å². The normalized spacial score (nSPS) is 20.8. The highest BCUT2D eigenvalue weighted by Crippen LogP contribution is 2.36. The number of hydrogen-bond acceptors (Lipinski definition) is 6. The van der Waals surface area contributed by atoms with Gasteiger partial charge in [0.25, 0.3) is 5.91 Å². The molecule has 1 amide bonds. The van der Waals surface area contributed by atoms with E-state index in [-0.39, 0.29) is 5.91 Å². The van der Waals surface area contributed by atoms with Crippen molar-refractivity contribution in [1.82, 2.24) is 19.7 Å². The Morgan fingerprint density at radius 2 is 1.78 bits per heavy atom. The fraction of sp³-hybridized carbons (Fsp3) is 0.464. The van der Waals surface area contributed by atoms with Crippen LogP contribution in [0.2, 0.25) is 0 Å². The number of amides is 1. The number of carbonyl (C=O) groups excluding carboxylic acids is 1. The third kappa shape index (κ3) is 5.15. The van der Waals surface area contributed by atoms with Crippen molar-refractivity contribution >= 4 is 11.6 Å². The zero-order valence-corrected chi connectivity index (χ0v) is 21.4. The van der Waals surface area contributed by atoms with Gasteiger partial charge in [-0.25, -0.2) is 4.68 Å². The zero-order chi connectivity index (χ0) is 25.1. The van der Waals surface area contributed by atoms with E-state index in [2.05, 4.69) is 22.2 Å². The highest BCUT2D eigenvalue weighted by Gasteiger charge is 2.29. The molecule has 1 saturated carbocycles. The third-order valence-corrected chi connectivity index (χ3v) is 7.59. The molecule has 190 valence electrons. The minimum absolute atomic E-state index is 0.188. The highest BCUT2D eigenvalue weighted by atomic mass is 16.5. The van der Waals surface area contributed by atoms with Gasteiger partial charge in [-0.05, 0) is 75.4 Å². The Morgan fingerprint density at radius 1 is 1.06 bits per heavy atom. The van der Waals surface area contributed by atoms with Crippen LogP contribution in [0.5, 0.6) is 5.75 Å². The van der Waals surface area contributed by atoms with E-state index in [4.69, 9.17) is 14.5 Å². The largest absolute Gasteiger partial charge is 0.497 e. The molecule has 36 heavy (non-hydrogen) atoms. The van der Waals surface area contributed by atoms with Crippen LogP contribution >= 0.6 is 0 Å². The Morgan fingerprint density at radius 3 is 2.44 bits per heavy atom. The summed E-state index contributed by atoms with van der Waals surface area (Å²) in [5, 5.41) is 7.44.